The average Bonchev–Trinajstić information content (AvgIpc) is 2.47. The van der Waals surface area contributed by atoms with E-state index in [-0.39, 0.29) is 5.91 Å². The van der Waals surface area contributed by atoms with Gasteiger partial charge in [-0.15, -0.1) is 0 Å². The number of rotatable bonds is 2. The first kappa shape index (κ1) is 12.2. The number of anilines is 2. The second-order valence-electron chi connectivity index (χ2n) is 4.61. The van der Waals surface area contributed by atoms with Gasteiger partial charge < -0.3 is 11.1 Å². The number of benzene rings is 3. The van der Waals surface area contributed by atoms with E-state index in [1.54, 1.807) is 6.07 Å². The Morgan fingerprint density at radius 1 is 0.900 bits per heavy atom. The highest BCUT2D eigenvalue weighted by atomic mass is 16.1. The number of carbonyl (C=O) groups is 1. The molecule has 1 amide bonds. The lowest BCUT2D eigenvalue weighted by atomic mass is 10.0. The normalized spacial score (nSPS) is 10.4. The molecule has 0 saturated carbocycles. The van der Waals surface area contributed by atoms with Crippen LogP contribution in [0.25, 0.3) is 10.8 Å². The molecule has 3 nitrogen and oxygen atoms in total. The van der Waals surface area contributed by atoms with Crippen molar-refractivity contribution in [2.24, 2.45) is 0 Å². The summed E-state index contributed by atoms with van der Waals surface area (Å²) in [4.78, 5) is 12.4. The van der Waals surface area contributed by atoms with Crippen LogP contribution in [0.2, 0.25) is 0 Å². The highest BCUT2D eigenvalue weighted by molar-refractivity contribution is 6.13. The molecule has 0 heterocycles. The first-order valence-corrected chi connectivity index (χ1v) is 6.39. The number of nitrogen functional groups attached to an aromatic ring is 1. The van der Waals surface area contributed by atoms with E-state index < -0.39 is 0 Å². The van der Waals surface area contributed by atoms with E-state index in [9.17, 15) is 4.79 Å². The van der Waals surface area contributed by atoms with Gasteiger partial charge in [0.2, 0.25) is 0 Å². The zero-order valence-corrected chi connectivity index (χ0v) is 10.8. The third-order valence-corrected chi connectivity index (χ3v) is 3.16. The summed E-state index contributed by atoms with van der Waals surface area (Å²) in [5, 5.41) is 4.74. The zero-order chi connectivity index (χ0) is 13.9. The van der Waals surface area contributed by atoms with Gasteiger partial charge in [-0.05, 0) is 35.0 Å². The largest absolute Gasteiger partial charge is 0.399 e. The standard InChI is InChI=1S/C17H14N2O/c18-13-10-12-6-4-5-9-15(12)16(11-13)17(20)19-14-7-2-1-3-8-14/h1-11H,18H2,(H,19,20). The van der Waals surface area contributed by atoms with Crippen molar-refractivity contribution < 1.29 is 4.79 Å². The predicted octanol–water partition coefficient (Wildman–Crippen LogP) is 3.67. The Morgan fingerprint density at radius 2 is 1.60 bits per heavy atom. The van der Waals surface area contributed by atoms with Gasteiger partial charge in [0.1, 0.15) is 0 Å². The minimum Gasteiger partial charge on any atom is -0.399 e. The van der Waals surface area contributed by atoms with E-state index in [0.717, 1.165) is 16.5 Å². The van der Waals surface area contributed by atoms with Gasteiger partial charge in [-0.1, -0.05) is 42.5 Å². The predicted molar refractivity (Wildman–Crippen MR) is 82.8 cm³/mol. The zero-order valence-electron chi connectivity index (χ0n) is 10.8. The Hall–Kier alpha value is -2.81. The van der Waals surface area contributed by atoms with Crippen molar-refractivity contribution in [1.29, 1.82) is 0 Å². The van der Waals surface area contributed by atoms with Crippen LogP contribution < -0.4 is 11.1 Å². The molecule has 0 saturated heterocycles. The summed E-state index contributed by atoms with van der Waals surface area (Å²) in [6.45, 7) is 0. The highest BCUT2D eigenvalue weighted by Gasteiger charge is 2.11. The van der Waals surface area contributed by atoms with Crippen molar-refractivity contribution in [3.05, 3.63) is 72.3 Å². The van der Waals surface area contributed by atoms with Gasteiger partial charge in [-0.2, -0.15) is 0 Å². The number of hydrogen-bond donors (Lipinski definition) is 2. The molecule has 3 N–H and O–H groups in total. The van der Waals surface area contributed by atoms with Crippen LogP contribution in [-0.2, 0) is 0 Å². The van der Waals surface area contributed by atoms with Crippen molar-refractivity contribution in [1.82, 2.24) is 0 Å². The Kier molecular flexibility index (Phi) is 3.09. The molecule has 3 aromatic carbocycles. The molecule has 0 radical (unpaired) electrons. The molecule has 0 aliphatic carbocycles. The molecule has 0 bridgehead atoms. The molecule has 0 atom stereocenters. The second-order valence-corrected chi connectivity index (χ2v) is 4.61. The Labute approximate surface area is 117 Å². The average molecular weight is 262 g/mol. The molecule has 0 unspecified atom stereocenters. The molecule has 20 heavy (non-hydrogen) atoms. The molecule has 0 aromatic heterocycles. The van der Waals surface area contributed by atoms with Crippen molar-refractivity contribution in [2.45, 2.75) is 0 Å². The van der Waals surface area contributed by atoms with Gasteiger partial charge in [0.15, 0.2) is 0 Å². The fourth-order valence-corrected chi connectivity index (χ4v) is 2.24. The molecular weight excluding hydrogens is 248 g/mol. The molecule has 3 heteroatoms. The lowest BCUT2D eigenvalue weighted by Gasteiger charge is -2.09. The molecule has 0 spiro atoms. The van der Waals surface area contributed by atoms with Gasteiger partial charge in [0, 0.05) is 16.9 Å². The summed E-state index contributed by atoms with van der Waals surface area (Å²) in [7, 11) is 0. The number of carbonyl (C=O) groups excluding carboxylic acids is 1. The topological polar surface area (TPSA) is 55.1 Å². The first-order chi connectivity index (χ1) is 9.74. The molecule has 3 aromatic rings. The number of hydrogen-bond acceptors (Lipinski definition) is 2. The summed E-state index contributed by atoms with van der Waals surface area (Å²) >= 11 is 0. The molecular formula is C17H14N2O. The third-order valence-electron chi connectivity index (χ3n) is 3.16. The molecule has 3 rings (SSSR count). The minimum absolute atomic E-state index is 0.153. The summed E-state index contributed by atoms with van der Waals surface area (Å²) < 4.78 is 0. The van der Waals surface area contributed by atoms with Crippen LogP contribution in [-0.4, -0.2) is 5.91 Å². The van der Waals surface area contributed by atoms with E-state index in [4.69, 9.17) is 5.73 Å². The fourth-order valence-electron chi connectivity index (χ4n) is 2.24. The van der Waals surface area contributed by atoms with Gasteiger partial charge in [-0.25, -0.2) is 0 Å². The Bertz CT molecular complexity index is 766. The number of para-hydroxylation sites is 1. The van der Waals surface area contributed by atoms with Crippen LogP contribution in [0.3, 0.4) is 0 Å². The van der Waals surface area contributed by atoms with Crippen LogP contribution in [0.4, 0.5) is 11.4 Å². The SMILES string of the molecule is Nc1cc(C(=O)Nc2ccccc2)c2ccccc2c1. The first-order valence-electron chi connectivity index (χ1n) is 6.39. The van der Waals surface area contributed by atoms with Gasteiger partial charge in [0.25, 0.3) is 5.91 Å². The van der Waals surface area contributed by atoms with E-state index in [2.05, 4.69) is 5.32 Å². The van der Waals surface area contributed by atoms with Gasteiger partial charge in [-0.3, -0.25) is 4.79 Å². The number of amides is 1. The van der Waals surface area contributed by atoms with E-state index in [0.29, 0.717) is 11.3 Å². The van der Waals surface area contributed by atoms with E-state index >= 15 is 0 Å². The third kappa shape index (κ3) is 2.34. The van der Waals surface area contributed by atoms with Crippen molar-refractivity contribution in [2.75, 3.05) is 11.1 Å². The van der Waals surface area contributed by atoms with Crippen LogP contribution in [0.1, 0.15) is 10.4 Å². The fraction of sp³-hybridized carbons (Fsp3) is 0. The summed E-state index contributed by atoms with van der Waals surface area (Å²) in [5.74, 6) is -0.153. The monoisotopic (exact) mass is 262 g/mol. The lowest BCUT2D eigenvalue weighted by molar-refractivity contribution is 0.102. The molecule has 0 aliphatic rings. The van der Waals surface area contributed by atoms with Crippen LogP contribution in [0.5, 0.6) is 0 Å². The van der Waals surface area contributed by atoms with Crippen molar-refractivity contribution in [3.8, 4) is 0 Å². The Balaban J connectivity index is 2.03. The maximum atomic E-state index is 12.4. The summed E-state index contributed by atoms with van der Waals surface area (Å²) in [6.07, 6.45) is 0. The number of nitrogens with two attached hydrogens (primary N) is 1. The van der Waals surface area contributed by atoms with Crippen LogP contribution in [0, 0.1) is 0 Å². The maximum Gasteiger partial charge on any atom is 0.256 e. The van der Waals surface area contributed by atoms with Crippen LogP contribution in [0.15, 0.2) is 66.7 Å². The quantitative estimate of drug-likeness (QED) is 0.692. The van der Waals surface area contributed by atoms with E-state index in [1.165, 1.54) is 0 Å². The number of nitrogens with one attached hydrogen (secondary N) is 1. The molecule has 98 valence electrons. The van der Waals surface area contributed by atoms with E-state index in [1.807, 2.05) is 60.7 Å². The summed E-state index contributed by atoms with van der Waals surface area (Å²) in [6, 6.07) is 20.7. The minimum atomic E-state index is -0.153. The van der Waals surface area contributed by atoms with Crippen molar-refractivity contribution in [3.63, 3.8) is 0 Å². The van der Waals surface area contributed by atoms with Gasteiger partial charge in [0.05, 0.1) is 0 Å². The molecule has 0 fully saturated rings. The molecule has 0 aliphatic heterocycles. The number of fused-ring (bicyclic) bond motifs is 1. The second kappa shape index (κ2) is 5.05. The smallest absolute Gasteiger partial charge is 0.256 e. The summed E-state index contributed by atoms with van der Waals surface area (Å²) in [5.41, 5.74) is 7.82. The van der Waals surface area contributed by atoms with Crippen LogP contribution >= 0.6 is 0 Å². The van der Waals surface area contributed by atoms with Gasteiger partial charge >= 0.3 is 0 Å². The highest BCUT2D eigenvalue weighted by Crippen LogP contribution is 2.23. The van der Waals surface area contributed by atoms with Crippen molar-refractivity contribution >= 4 is 28.1 Å². The maximum absolute atomic E-state index is 12.4. The Morgan fingerprint density at radius 3 is 2.40 bits per heavy atom. The lowest BCUT2D eigenvalue weighted by Crippen LogP contribution is -2.12.